The summed E-state index contributed by atoms with van der Waals surface area (Å²) >= 11 is 0. The Morgan fingerprint density at radius 2 is 2.00 bits per heavy atom. The molecule has 0 unspecified atom stereocenters. The Kier molecular flexibility index (Phi) is 3.05. The molecule has 4 N–H and O–H groups in total. The molecule has 1 aromatic heterocycles. The van der Waals surface area contributed by atoms with Crippen molar-refractivity contribution in [3.05, 3.63) is 50.8 Å². The lowest BCUT2D eigenvalue weighted by Gasteiger charge is -2.08. The Labute approximate surface area is 119 Å². The number of aromatic amines is 2. The second-order valence-electron chi connectivity index (χ2n) is 4.59. The maximum Gasteiger partial charge on any atom is 0.325 e. The third kappa shape index (κ3) is 2.55. The average molecular weight is 308 g/mol. The van der Waals surface area contributed by atoms with Gasteiger partial charge in [-0.25, -0.2) is 13.2 Å². The second-order valence-corrected chi connectivity index (χ2v) is 6.24. The quantitative estimate of drug-likeness (QED) is 0.627. The van der Waals surface area contributed by atoms with Gasteiger partial charge in [0.25, 0.3) is 15.6 Å². The zero-order chi connectivity index (χ0) is 15.0. The molecule has 0 saturated carbocycles. The monoisotopic (exact) mass is 308 g/mol. The van der Waals surface area contributed by atoms with Crippen molar-refractivity contribution in [2.75, 3.05) is 16.6 Å². The molecule has 0 radical (unpaired) electrons. The van der Waals surface area contributed by atoms with Gasteiger partial charge in [0.2, 0.25) is 0 Å². The Bertz CT molecular complexity index is 913. The van der Waals surface area contributed by atoms with Crippen molar-refractivity contribution in [2.24, 2.45) is 0 Å². The lowest BCUT2D eigenvalue weighted by atomic mass is 10.1. The predicted molar refractivity (Wildman–Crippen MR) is 77.1 cm³/mol. The predicted octanol–water partition coefficient (Wildman–Crippen LogP) is -0.168. The molecule has 9 heteroatoms. The van der Waals surface area contributed by atoms with Gasteiger partial charge >= 0.3 is 5.69 Å². The summed E-state index contributed by atoms with van der Waals surface area (Å²) in [6.45, 7) is 0.811. The van der Waals surface area contributed by atoms with Crippen molar-refractivity contribution >= 4 is 21.4 Å². The minimum atomic E-state index is -4.06. The number of H-pyrrole nitrogens is 2. The SMILES string of the molecule is O=c1[nH]cc(S(=O)(=O)Nc2ccc3c(c2)CCN3)c(=O)[nH]1. The van der Waals surface area contributed by atoms with Gasteiger partial charge in [-0.05, 0) is 30.2 Å². The van der Waals surface area contributed by atoms with Gasteiger partial charge in [-0.15, -0.1) is 0 Å². The van der Waals surface area contributed by atoms with Crippen molar-refractivity contribution < 1.29 is 8.42 Å². The molecule has 0 aliphatic carbocycles. The zero-order valence-corrected chi connectivity index (χ0v) is 11.6. The first-order chi connectivity index (χ1) is 9.95. The van der Waals surface area contributed by atoms with Crippen LogP contribution in [-0.4, -0.2) is 24.9 Å². The first kappa shape index (κ1) is 13.4. The number of anilines is 2. The van der Waals surface area contributed by atoms with Gasteiger partial charge in [-0.1, -0.05) is 0 Å². The molecule has 21 heavy (non-hydrogen) atoms. The van der Waals surface area contributed by atoms with Gasteiger partial charge in [0.15, 0.2) is 4.90 Å². The van der Waals surface area contributed by atoms with Crippen molar-refractivity contribution in [1.82, 2.24) is 9.97 Å². The van der Waals surface area contributed by atoms with Gasteiger partial charge in [0.05, 0.1) is 0 Å². The number of sulfonamides is 1. The smallest absolute Gasteiger partial charge is 0.325 e. The Balaban J connectivity index is 1.96. The number of rotatable bonds is 3. The lowest BCUT2D eigenvalue weighted by molar-refractivity contribution is 0.599. The minimum absolute atomic E-state index is 0.364. The first-order valence-electron chi connectivity index (χ1n) is 6.17. The van der Waals surface area contributed by atoms with Gasteiger partial charge in [0, 0.05) is 24.1 Å². The summed E-state index contributed by atoms with van der Waals surface area (Å²) < 4.78 is 26.7. The molecule has 1 aliphatic rings. The number of nitrogens with one attached hydrogen (secondary N) is 4. The Hall–Kier alpha value is -2.55. The summed E-state index contributed by atoms with van der Waals surface area (Å²) in [7, 11) is -4.06. The molecule has 1 aromatic carbocycles. The van der Waals surface area contributed by atoms with E-state index in [4.69, 9.17) is 0 Å². The number of hydrogen-bond acceptors (Lipinski definition) is 5. The second kappa shape index (κ2) is 4.77. The summed E-state index contributed by atoms with van der Waals surface area (Å²) in [5, 5.41) is 3.17. The average Bonchev–Trinajstić information content (AvgIpc) is 2.85. The van der Waals surface area contributed by atoms with E-state index in [1.54, 1.807) is 18.2 Å². The van der Waals surface area contributed by atoms with Crippen LogP contribution >= 0.6 is 0 Å². The standard InChI is InChI=1S/C12H12N4O4S/c17-11-10(6-14-12(18)15-11)21(19,20)16-8-1-2-9-7(5-8)3-4-13-9/h1-2,5-6,13,16H,3-4H2,(H2,14,15,17,18). The summed E-state index contributed by atoms with van der Waals surface area (Å²) in [4.78, 5) is 26.0. The molecule has 0 atom stereocenters. The summed E-state index contributed by atoms with van der Waals surface area (Å²) in [5.74, 6) is 0. The number of hydrogen-bond donors (Lipinski definition) is 4. The van der Waals surface area contributed by atoms with E-state index in [-0.39, 0.29) is 0 Å². The van der Waals surface area contributed by atoms with E-state index in [9.17, 15) is 18.0 Å². The Morgan fingerprint density at radius 1 is 1.19 bits per heavy atom. The Morgan fingerprint density at radius 3 is 2.76 bits per heavy atom. The zero-order valence-electron chi connectivity index (χ0n) is 10.8. The van der Waals surface area contributed by atoms with Crippen LogP contribution in [0.3, 0.4) is 0 Å². The van der Waals surface area contributed by atoms with E-state index in [0.29, 0.717) is 5.69 Å². The van der Waals surface area contributed by atoms with Crippen molar-refractivity contribution in [2.45, 2.75) is 11.3 Å². The fourth-order valence-electron chi connectivity index (χ4n) is 2.18. The molecule has 0 bridgehead atoms. The van der Waals surface area contributed by atoms with Crippen LogP contribution in [0.4, 0.5) is 11.4 Å². The number of fused-ring (bicyclic) bond motifs is 1. The number of aromatic nitrogens is 2. The molecule has 1 aliphatic heterocycles. The highest BCUT2D eigenvalue weighted by atomic mass is 32.2. The summed E-state index contributed by atoms with van der Waals surface area (Å²) in [6, 6.07) is 5.10. The maximum absolute atomic E-state index is 12.2. The molecule has 110 valence electrons. The van der Waals surface area contributed by atoms with Gasteiger partial charge < -0.3 is 10.3 Å². The molecular formula is C12H12N4O4S. The largest absolute Gasteiger partial charge is 0.384 e. The van der Waals surface area contributed by atoms with Crippen LogP contribution < -0.4 is 21.3 Å². The van der Waals surface area contributed by atoms with Crippen LogP contribution in [0.2, 0.25) is 0 Å². The van der Waals surface area contributed by atoms with Crippen molar-refractivity contribution in [1.29, 1.82) is 0 Å². The topological polar surface area (TPSA) is 124 Å². The molecular weight excluding hydrogens is 296 g/mol. The fraction of sp³-hybridized carbons (Fsp3) is 0.167. The number of benzene rings is 1. The van der Waals surface area contributed by atoms with E-state index >= 15 is 0 Å². The molecule has 2 aromatic rings. The molecule has 0 fully saturated rings. The molecule has 2 heterocycles. The summed E-state index contributed by atoms with van der Waals surface area (Å²) in [5.41, 5.74) is 0.616. The third-order valence-electron chi connectivity index (χ3n) is 3.14. The normalized spacial score (nSPS) is 13.5. The maximum atomic E-state index is 12.2. The first-order valence-corrected chi connectivity index (χ1v) is 7.66. The van der Waals surface area contributed by atoms with Gasteiger partial charge in [0.1, 0.15) is 0 Å². The van der Waals surface area contributed by atoms with E-state index in [1.807, 2.05) is 4.98 Å². The van der Waals surface area contributed by atoms with E-state index in [1.165, 1.54) is 0 Å². The fourth-order valence-corrected chi connectivity index (χ4v) is 3.23. The molecule has 8 nitrogen and oxygen atoms in total. The molecule has 0 saturated heterocycles. The van der Waals surface area contributed by atoms with Gasteiger partial charge in [-0.2, -0.15) is 0 Å². The van der Waals surface area contributed by atoms with Crippen LogP contribution in [0.5, 0.6) is 0 Å². The summed E-state index contributed by atoms with van der Waals surface area (Å²) in [6.07, 6.45) is 1.68. The van der Waals surface area contributed by atoms with E-state index in [0.717, 1.165) is 30.4 Å². The highest BCUT2D eigenvalue weighted by Gasteiger charge is 2.20. The third-order valence-corrected chi connectivity index (χ3v) is 4.53. The van der Waals surface area contributed by atoms with Crippen LogP contribution in [0.25, 0.3) is 0 Å². The van der Waals surface area contributed by atoms with Crippen LogP contribution in [0.1, 0.15) is 5.56 Å². The van der Waals surface area contributed by atoms with Crippen LogP contribution in [0, 0.1) is 0 Å². The van der Waals surface area contributed by atoms with Crippen molar-refractivity contribution in [3.63, 3.8) is 0 Å². The van der Waals surface area contributed by atoms with Crippen molar-refractivity contribution in [3.8, 4) is 0 Å². The van der Waals surface area contributed by atoms with Gasteiger partial charge in [-0.3, -0.25) is 14.5 Å². The highest BCUT2D eigenvalue weighted by molar-refractivity contribution is 7.92. The molecule has 0 spiro atoms. The van der Waals surface area contributed by atoms with Crippen LogP contribution in [0.15, 0.2) is 38.9 Å². The molecule has 3 rings (SSSR count). The minimum Gasteiger partial charge on any atom is -0.384 e. The van der Waals surface area contributed by atoms with E-state index in [2.05, 4.69) is 15.0 Å². The van der Waals surface area contributed by atoms with E-state index < -0.39 is 26.2 Å². The highest BCUT2D eigenvalue weighted by Crippen LogP contribution is 2.26. The lowest BCUT2D eigenvalue weighted by Crippen LogP contribution is -2.29. The van der Waals surface area contributed by atoms with Crippen LogP contribution in [-0.2, 0) is 16.4 Å². The molecule has 0 amide bonds.